The van der Waals surface area contributed by atoms with Gasteiger partial charge in [0.2, 0.25) is 0 Å². The van der Waals surface area contributed by atoms with Gasteiger partial charge in [-0.2, -0.15) is 0 Å². The van der Waals surface area contributed by atoms with Crippen LogP contribution in [0.3, 0.4) is 0 Å². The van der Waals surface area contributed by atoms with Gasteiger partial charge in [-0.25, -0.2) is 4.79 Å². The van der Waals surface area contributed by atoms with Crippen LogP contribution in [0.25, 0.3) is 11.0 Å². The van der Waals surface area contributed by atoms with Crippen molar-refractivity contribution in [2.75, 3.05) is 19.0 Å². The number of aryl methyl sites for hydroxylation is 1. The highest BCUT2D eigenvalue weighted by atomic mass is 32.2. The molecule has 5 nitrogen and oxygen atoms in total. The Morgan fingerprint density at radius 1 is 1.06 bits per heavy atom. The number of aliphatic imine (C=N–C) groups is 1. The maximum absolute atomic E-state index is 12.2. The summed E-state index contributed by atoms with van der Waals surface area (Å²) in [7, 11) is 4.05. The maximum Gasteiger partial charge on any atom is 0.336 e. The van der Waals surface area contributed by atoms with Gasteiger partial charge in [-0.15, -0.1) is 11.8 Å². The number of hydrogen-bond donors (Lipinski definition) is 1. The van der Waals surface area contributed by atoms with Gasteiger partial charge in [-0.3, -0.25) is 4.99 Å². The van der Waals surface area contributed by atoms with Crippen LogP contribution in [0.1, 0.15) is 28.4 Å². The monoisotopic (exact) mass is 456 g/mol. The zero-order valence-electron chi connectivity index (χ0n) is 18.7. The lowest BCUT2D eigenvalue weighted by Gasteiger charge is -2.19. The molecule has 6 heteroatoms. The van der Waals surface area contributed by atoms with Crippen molar-refractivity contribution in [2.45, 2.75) is 23.5 Å². The van der Waals surface area contributed by atoms with E-state index in [-0.39, 0.29) is 11.0 Å². The average Bonchev–Trinajstić information content (AvgIpc) is 2.98. The standard InChI is InChI=1S/C27H24N2O3S/c1-16-14-25(31)32-27-19(16)12-13-22(30)26(27)21-15-24(17-8-10-18(11-9-17)29(2)3)33-23-7-5-4-6-20(23)28-21/h4-14,24,30H,15H2,1-3H3. The molecule has 0 saturated carbocycles. The van der Waals surface area contributed by atoms with E-state index in [1.165, 1.54) is 11.6 Å². The number of rotatable bonds is 3. The minimum absolute atomic E-state index is 0.0566. The molecule has 166 valence electrons. The molecule has 3 aromatic carbocycles. The molecule has 1 aromatic heterocycles. The quantitative estimate of drug-likeness (QED) is 0.370. The first-order valence-corrected chi connectivity index (χ1v) is 11.7. The summed E-state index contributed by atoms with van der Waals surface area (Å²) in [6, 6.07) is 21.4. The molecule has 1 aliphatic heterocycles. The van der Waals surface area contributed by atoms with Gasteiger partial charge in [0.15, 0.2) is 5.58 Å². The predicted molar refractivity (Wildman–Crippen MR) is 136 cm³/mol. The lowest BCUT2D eigenvalue weighted by atomic mass is 9.97. The highest BCUT2D eigenvalue weighted by Crippen LogP contribution is 2.47. The SMILES string of the molecule is Cc1cc(=O)oc2c(C3=Nc4ccccc4SC(c4ccc(N(C)C)cc4)C3)c(O)ccc12. The number of phenols is 1. The molecule has 0 saturated heterocycles. The Bertz CT molecular complexity index is 1440. The first-order valence-electron chi connectivity index (χ1n) is 10.8. The Morgan fingerprint density at radius 2 is 1.82 bits per heavy atom. The summed E-state index contributed by atoms with van der Waals surface area (Å²) in [4.78, 5) is 20.3. The van der Waals surface area contributed by atoms with Crippen LogP contribution in [0.2, 0.25) is 0 Å². The van der Waals surface area contributed by atoms with Crippen LogP contribution in [0.4, 0.5) is 11.4 Å². The van der Waals surface area contributed by atoms with Crippen LogP contribution in [0.15, 0.2) is 85.8 Å². The zero-order chi connectivity index (χ0) is 23.1. The Hall–Kier alpha value is -3.51. The Labute approximate surface area is 196 Å². The molecule has 1 atom stereocenters. The molecular weight excluding hydrogens is 432 g/mol. The van der Waals surface area contributed by atoms with Gasteiger partial charge in [0.1, 0.15) is 5.75 Å². The summed E-state index contributed by atoms with van der Waals surface area (Å²) in [5.74, 6) is 0.0566. The molecule has 2 heterocycles. The number of fused-ring (bicyclic) bond motifs is 2. The lowest BCUT2D eigenvalue weighted by Crippen LogP contribution is -2.10. The third-order valence-electron chi connectivity index (χ3n) is 5.94. The molecule has 0 bridgehead atoms. The number of phenolic OH excluding ortho intramolecular Hbond substituents is 1. The largest absolute Gasteiger partial charge is 0.507 e. The van der Waals surface area contributed by atoms with Crippen LogP contribution in [0, 0.1) is 6.92 Å². The second kappa shape index (κ2) is 8.45. The van der Waals surface area contributed by atoms with Gasteiger partial charge in [-0.1, -0.05) is 24.3 Å². The average molecular weight is 457 g/mol. The van der Waals surface area contributed by atoms with Crippen molar-refractivity contribution in [1.82, 2.24) is 0 Å². The molecule has 1 N–H and O–H groups in total. The van der Waals surface area contributed by atoms with Crippen LogP contribution in [-0.2, 0) is 0 Å². The molecule has 0 spiro atoms. The van der Waals surface area contributed by atoms with E-state index in [9.17, 15) is 9.90 Å². The summed E-state index contributed by atoms with van der Waals surface area (Å²) in [5, 5.41) is 11.8. The second-order valence-electron chi connectivity index (χ2n) is 8.41. The normalized spacial score (nSPS) is 15.6. The number of benzene rings is 3. The minimum Gasteiger partial charge on any atom is -0.507 e. The number of anilines is 1. The van der Waals surface area contributed by atoms with Crippen molar-refractivity contribution >= 4 is 39.8 Å². The van der Waals surface area contributed by atoms with Crippen molar-refractivity contribution in [3.63, 3.8) is 0 Å². The van der Waals surface area contributed by atoms with E-state index in [0.29, 0.717) is 23.3 Å². The first kappa shape index (κ1) is 21.3. The van der Waals surface area contributed by atoms with Gasteiger partial charge in [0.25, 0.3) is 0 Å². The maximum atomic E-state index is 12.2. The Balaban J connectivity index is 1.69. The molecular formula is C27H24N2O3S. The number of hydrogen-bond acceptors (Lipinski definition) is 6. The zero-order valence-corrected chi connectivity index (χ0v) is 19.5. The molecule has 0 amide bonds. The van der Waals surface area contributed by atoms with Gasteiger partial charge in [-0.05, 0) is 54.4 Å². The molecule has 33 heavy (non-hydrogen) atoms. The lowest BCUT2D eigenvalue weighted by molar-refractivity contribution is 0.471. The molecule has 0 radical (unpaired) electrons. The van der Waals surface area contributed by atoms with E-state index >= 15 is 0 Å². The van der Waals surface area contributed by atoms with Crippen molar-refractivity contribution in [1.29, 1.82) is 0 Å². The molecule has 1 aliphatic rings. The van der Waals surface area contributed by atoms with E-state index in [1.54, 1.807) is 23.9 Å². The van der Waals surface area contributed by atoms with Crippen LogP contribution in [-0.4, -0.2) is 24.9 Å². The molecule has 0 aliphatic carbocycles. The molecule has 1 unspecified atom stereocenters. The van der Waals surface area contributed by atoms with Crippen molar-refractivity contribution in [3.8, 4) is 5.75 Å². The summed E-state index contributed by atoms with van der Waals surface area (Å²) >= 11 is 1.76. The summed E-state index contributed by atoms with van der Waals surface area (Å²) in [6.45, 7) is 1.87. The van der Waals surface area contributed by atoms with Gasteiger partial charge < -0.3 is 14.4 Å². The highest BCUT2D eigenvalue weighted by molar-refractivity contribution is 7.99. The fourth-order valence-corrected chi connectivity index (χ4v) is 5.43. The fraction of sp³-hybridized carbons (Fsp3) is 0.185. The first-order chi connectivity index (χ1) is 15.9. The minimum atomic E-state index is -0.438. The number of nitrogens with zero attached hydrogens (tertiary/aromatic N) is 2. The molecule has 0 fully saturated rings. The Morgan fingerprint density at radius 3 is 2.58 bits per heavy atom. The van der Waals surface area contributed by atoms with E-state index < -0.39 is 5.63 Å². The second-order valence-corrected chi connectivity index (χ2v) is 9.65. The fourth-order valence-electron chi connectivity index (χ4n) is 4.19. The summed E-state index contributed by atoms with van der Waals surface area (Å²) < 4.78 is 5.61. The van der Waals surface area contributed by atoms with Gasteiger partial charge in [0.05, 0.1) is 17.0 Å². The van der Waals surface area contributed by atoms with Crippen LogP contribution >= 0.6 is 11.8 Å². The van der Waals surface area contributed by atoms with Crippen molar-refractivity contribution < 1.29 is 9.52 Å². The van der Waals surface area contributed by atoms with Gasteiger partial charge >= 0.3 is 5.63 Å². The van der Waals surface area contributed by atoms with Gasteiger partial charge in [0, 0.05) is 47.8 Å². The van der Waals surface area contributed by atoms with Crippen LogP contribution < -0.4 is 10.5 Å². The van der Waals surface area contributed by atoms with Crippen LogP contribution in [0.5, 0.6) is 5.75 Å². The highest BCUT2D eigenvalue weighted by Gasteiger charge is 2.26. The summed E-state index contributed by atoms with van der Waals surface area (Å²) in [5.41, 5.74) is 5.09. The van der Waals surface area contributed by atoms with Crippen molar-refractivity contribution in [2.24, 2.45) is 4.99 Å². The number of aromatic hydroxyl groups is 1. The molecule has 5 rings (SSSR count). The van der Waals surface area contributed by atoms with E-state index in [1.807, 2.05) is 39.2 Å². The van der Waals surface area contributed by atoms with E-state index in [2.05, 4.69) is 35.2 Å². The third-order valence-corrected chi connectivity index (χ3v) is 7.26. The topological polar surface area (TPSA) is 66.0 Å². The van der Waals surface area contributed by atoms with E-state index in [4.69, 9.17) is 9.41 Å². The summed E-state index contributed by atoms with van der Waals surface area (Å²) in [6.07, 6.45) is 0.574. The molecule has 4 aromatic rings. The Kier molecular flexibility index (Phi) is 5.46. The van der Waals surface area contributed by atoms with Crippen molar-refractivity contribution in [3.05, 3.63) is 93.8 Å². The number of thioether (sulfide) groups is 1. The predicted octanol–water partition coefficient (Wildman–Crippen LogP) is 6.23. The number of para-hydroxylation sites is 1. The smallest absolute Gasteiger partial charge is 0.336 e. The third kappa shape index (κ3) is 4.02. The van der Waals surface area contributed by atoms with E-state index in [0.717, 1.165) is 27.2 Å².